The molecule has 2 aromatic rings. The molecule has 0 bridgehead atoms. The fourth-order valence-electron chi connectivity index (χ4n) is 2.24. The Balaban J connectivity index is 2.58. The van der Waals surface area contributed by atoms with Crippen molar-refractivity contribution in [2.45, 2.75) is 34.1 Å². The number of hydrogen-bond acceptors (Lipinski definition) is 4. The maximum Gasteiger partial charge on any atom is 0.180 e. The van der Waals surface area contributed by atoms with Gasteiger partial charge in [0.1, 0.15) is 11.5 Å². The van der Waals surface area contributed by atoms with E-state index in [0.717, 1.165) is 38.3 Å². The minimum absolute atomic E-state index is 0.554. The number of aryl methyl sites for hydroxylation is 2. The average Bonchev–Trinajstić information content (AvgIpc) is 2.41. The van der Waals surface area contributed by atoms with Crippen molar-refractivity contribution in [3.8, 4) is 11.5 Å². The normalized spacial score (nSPS) is 11.0. The highest BCUT2D eigenvalue weighted by Crippen LogP contribution is 2.26. The van der Waals surface area contributed by atoms with Crippen molar-refractivity contribution in [2.24, 2.45) is 5.92 Å². The first kappa shape index (κ1) is 16.1. The first-order valence-corrected chi connectivity index (χ1v) is 8.18. The third kappa shape index (κ3) is 3.70. The lowest BCUT2D eigenvalue weighted by Gasteiger charge is -2.13. The van der Waals surface area contributed by atoms with Crippen molar-refractivity contribution >= 4 is 28.4 Å². The summed E-state index contributed by atoms with van der Waals surface area (Å²) in [5.74, 6) is 2.13. The Kier molecular flexibility index (Phi) is 5.13. The Bertz CT molecular complexity index is 653. The predicted molar refractivity (Wildman–Crippen MR) is 95.5 cm³/mol. The summed E-state index contributed by atoms with van der Waals surface area (Å²) in [7, 11) is 1.89. The summed E-state index contributed by atoms with van der Waals surface area (Å²) in [6.07, 6.45) is 2.80. The van der Waals surface area contributed by atoms with E-state index >= 15 is 0 Å². The highest BCUT2D eigenvalue weighted by molar-refractivity contribution is 14.1. The quantitative estimate of drug-likeness (QED) is 0.794. The van der Waals surface area contributed by atoms with Crippen LogP contribution < -0.4 is 5.32 Å². The van der Waals surface area contributed by atoms with Gasteiger partial charge in [-0.15, -0.1) is 0 Å². The van der Waals surface area contributed by atoms with Crippen molar-refractivity contribution < 1.29 is 0 Å². The van der Waals surface area contributed by atoms with Crippen LogP contribution in [0.1, 0.15) is 30.7 Å². The van der Waals surface area contributed by atoms with Crippen LogP contribution in [0.5, 0.6) is 0 Å². The summed E-state index contributed by atoms with van der Waals surface area (Å²) >= 11 is 2.32. The van der Waals surface area contributed by atoms with E-state index in [1.54, 1.807) is 0 Å². The summed E-state index contributed by atoms with van der Waals surface area (Å²) in [5, 5.41) is 3.16. The lowest BCUT2D eigenvalue weighted by molar-refractivity contribution is 0.632. The summed E-state index contributed by atoms with van der Waals surface area (Å²) in [6, 6.07) is 2.12. The molecule has 0 spiro atoms. The molecule has 0 aliphatic rings. The maximum atomic E-state index is 4.76. The van der Waals surface area contributed by atoms with Gasteiger partial charge in [-0.2, -0.15) is 0 Å². The fraction of sp³-hybridized carbons (Fsp3) is 0.438. The highest BCUT2D eigenvalue weighted by atomic mass is 127. The van der Waals surface area contributed by atoms with Crippen LogP contribution in [0.15, 0.2) is 12.3 Å². The van der Waals surface area contributed by atoms with Crippen LogP contribution in [-0.4, -0.2) is 22.0 Å². The number of pyridine rings is 1. The number of halogens is 1. The molecule has 0 fully saturated rings. The van der Waals surface area contributed by atoms with Gasteiger partial charge in [-0.3, -0.25) is 4.98 Å². The van der Waals surface area contributed by atoms with Gasteiger partial charge in [0.25, 0.3) is 0 Å². The molecule has 0 saturated carbocycles. The molecule has 0 amide bonds. The van der Waals surface area contributed by atoms with E-state index in [1.165, 1.54) is 0 Å². The first-order valence-electron chi connectivity index (χ1n) is 7.10. The molecular weight excluding hydrogens is 375 g/mol. The van der Waals surface area contributed by atoms with Crippen molar-refractivity contribution in [2.75, 3.05) is 12.4 Å². The molecule has 0 atom stereocenters. The molecule has 21 heavy (non-hydrogen) atoms. The van der Waals surface area contributed by atoms with E-state index in [2.05, 4.69) is 64.7 Å². The van der Waals surface area contributed by atoms with Crippen LogP contribution >= 0.6 is 22.6 Å². The van der Waals surface area contributed by atoms with Crippen molar-refractivity contribution in [1.82, 2.24) is 15.0 Å². The van der Waals surface area contributed by atoms with Crippen LogP contribution in [0.25, 0.3) is 11.5 Å². The second-order valence-corrected chi connectivity index (χ2v) is 6.76. The topological polar surface area (TPSA) is 50.7 Å². The average molecular weight is 396 g/mol. The van der Waals surface area contributed by atoms with Gasteiger partial charge in [-0.25, -0.2) is 9.97 Å². The number of rotatable bonds is 4. The zero-order valence-corrected chi connectivity index (χ0v) is 15.3. The second kappa shape index (κ2) is 6.68. The zero-order chi connectivity index (χ0) is 15.6. The molecular formula is C16H21IN4. The van der Waals surface area contributed by atoms with E-state index in [1.807, 2.05) is 20.2 Å². The zero-order valence-electron chi connectivity index (χ0n) is 13.2. The van der Waals surface area contributed by atoms with Gasteiger partial charge < -0.3 is 5.32 Å². The van der Waals surface area contributed by atoms with Crippen LogP contribution in [0.4, 0.5) is 5.82 Å². The molecule has 0 aromatic carbocycles. The van der Waals surface area contributed by atoms with Crippen molar-refractivity contribution in [3.05, 3.63) is 32.7 Å². The Hall–Kier alpha value is -1.24. The Morgan fingerprint density at radius 2 is 1.95 bits per heavy atom. The van der Waals surface area contributed by atoms with E-state index in [-0.39, 0.29) is 0 Å². The van der Waals surface area contributed by atoms with Gasteiger partial charge in [-0.05, 0) is 59.9 Å². The monoisotopic (exact) mass is 396 g/mol. The van der Waals surface area contributed by atoms with E-state index in [4.69, 9.17) is 4.98 Å². The lowest BCUT2D eigenvalue weighted by atomic mass is 10.1. The third-order valence-corrected chi connectivity index (χ3v) is 4.32. The number of aromatic nitrogens is 3. The molecule has 5 heteroatoms. The fourth-order valence-corrected chi connectivity index (χ4v) is 2.97. The maximum absolute atomic E-state index is 4.76. The molecule has 0 aliphatic heterocycles. The molecule has 1 N–H and O–H groups in total. The van der Waals surface area contributed by atoms with Crippen LogP contribution in [0.3, 0.4) is 0 Å². The first-order chi connectivity index (χ1) is 9.92. The van der Waals surface area contributed by atoms with Gasteiger partial charge >= 0.3 is 0 Å². The van der Waals surface area contributed by atoms with E-state index < -0.39 is 0 Å². The molecule has 0 saturated heterocycles. The molecule has 112 valence electrons. The predicted octanol–water partition coefficient (Wildman–Crippen LogP) is 4.00. The molecule has 0 unspecified atom stereocenters. The number of anilines is 1. The van der Waals surface area contributed by atoms with Crippen LogP contribution in [0.2, 0.25) is 0 Å². The Morgan fingerprint density at radius 3 is 2.52 bits per heavy atom. The Labute approximate surface area is 140 Å². The number of nitrogens with one attached hydrogen (secondary N) is 1. The highest BCUT2D eigenvalue weighted by Gasteiger charge is 2.15. The molecule has 2 rings (SSSR count). The molecule has 2 heterocycles. The Morgan fingerprint density at radius 1 is 1.24 bits per heavy atom. The molecule has 2 aromatic heterocycles. The summed E-state index contributed by atoms with van der Waals surface area (Å²) in [6.45, 7) is 8.50. The SMILES string of the molecule is CNc1nc(-c2ncc(C)cc2C)nc(CC(C)C)c1I. The molecule has 0 aliphatic carbocycles. The van der Waals surface area contributed by atoms with Gasteiger partial charge in [-0.1, -0.05) is 19.9 Å². The van der Waals surface area contributed by atoms with E-state index in [0.29, 0.717) is 11.7 Å². The number of nitrogens with zero attached hydrogens (tertiary/aromatic N) is 3. The van der Waals surface area contributed by atoms with E-state index in [9.17, 15) is 0 Å². The van der Waals surface area contributed by atoms with Crippen LogP contribution in [-0.2, 0) is 6.42 Å². The van der Waals surface area contributed by atoms with Crippen molar-refractivity contribution in [1.29, 1.82) is 0 Å². The number of hydrogen-bond donors (Lipinski definition) is 1. The van der Waals surface area contributed by atoms with Crippen molar-refractivity contribution in [3.63, 3.8) is 0 Å². The standard InChI is InChI=1S/C16H21IN4/c1-9(2)6-12-13(17)15(18-5)21-16(20-12)14-11(4)7-10(3)8-19-14/h7-9H,6H2,1-5H3,(H,18,20,21). The minimum atomic E-state index is 0.554. The summed E-state index contributed by atoms with van der Waals surface area (Å²) < 4.78 is 1.09. The largest absolute Gasteiger partial charge is 0.372 e. The van der Waals surface area contributed by atoms with Gasteiger partial charge in [0.05, 0.1) is 9.26 Å². The van der Waals surface area contributed by atoms with Crippen LogP contribution in [0, 0.1) is 23.3 Å². The smallest absolute Gasteiger partial charge is 0.180 e. The summed E-state index contributed by atoms with van der Waals surface area (Å²) in [5.41, 5.74) is 4.20. The minimum Gasteiger partial charge on any atom is -0.372 e. The molecule has 0 radical (unpaired) electrons. The lowest BCUT2D eigenvalue weighted by Crippen LogP contribution is -2.08. The molecule has 4 nitrogen and oxygen atoms in total. The van der Waals surface area contributed by atoms with Gasteiger partial charge in [0, 0.05) is 13.2 Å². The van der Waals surface area contributed by atoms with Gasteiger partial charge in [0.2, 0.25) is 0 Å². The van der Waals surface area contributed by atoms with Gasteiger partial charge in [0.15, 0.2) is 5.82 Å². The third-order valence-electron chi connectivity index (χ3n) is 3.19. The second-order valence-electron chi connectivity index (χ2n) is 5.68. The summed E-state index contributed by atoms with van der Waals surface area (Å²) in [4.78, 5) is 13.9.